The van der Waals surface area contributed by atoms with Gasteiger partial charge in [-0.2, -0.15) is 0 Å². The predicted octanol–water partition coefficient (Wildman–Crippen LogP) is 4.96. The molecule has 2 aromatic heterocycles. The molecule has 0 aliphatic carbocycles. The van der Waals surface area contributed by atoms with Crippen LogP contribution in [0.5, 0.6) is 0 Å². The highest BCUT2D eigenvalue weighted by Gasteiger charge is 2.19. The standard InChI is InChI=1S/C20H15FN2OS/c1-2-11-4-3-5-13-10-15-16(22)19(25-20(15)23-17(11)13)18(24)12-6-8-14(21)9-7-12/h3-10H,2,22H2,1H3. The summed E-state index contributed by atoms with van der Waals surface area (Å²) in [4.78, 5) is 18.7. The molecule has 0 amide bonds. The summed E-state index contributed by atoms with van der Waals surface area (Å²) in [7, 11) is 0. The van der Waals surface area contributed by atoms with Crippen LogP contribution in [-0.2, 0) is 6.42 Å². The second-order valence-corrected chi connectivity index (χ2v) is 6.86. The number of carbonyl (C=O) groups excluding carboxylic acids is 1. The third-order valence-electron chi connectivity index (χ3n) is 4.32. The number of nitrogens with two attached hydrogens (primary N) is 1. The SMILES string of the molecule is CCc1cccc2cc3c(N)c(C(=O)c4ccc(F)cc4)sc3nc12. The van der Waals surface area contributed by atoms with Crippen LogP contribution < -0.4 is 5.73 Å². The molecular weight excluding hydrogens is 335 g/mol. The van der Waals surface area contributed by atoms with Gasteiger partial charge >= 0.3 is 0 Å². The number of carbonyl (C=O) groups is 1. The molecule has 0 aliphatic heterocycles. The number of benzene rings is 2. The molecule has 4 rings (SSSR count). The number of hydrogen-bond donors (Lipinski definition) is 1. The van der Waals surface area contributed by atoms with Crippen molar-refractivity contribution in [2.75, 3.05) is 5.73 Å². The lowest BCUT2D eigenvalue weighted by Crippen LogP contribution is -2.02. The zero-order valence-electron chi connectivity index (χ0n) is 13.5. The van der Waals surface area contributed by atoms with E-state index in [2.05, 4.69) is 13.0 Å². The number of ketones is 1. The minimum absolute atomic E-state index is 0.208. The Morgan fingerprint density at radius 2 is 1.96 bits per heavy atom. The van der Waals surface area contributed by atoms with Gasteiger partial charge in [-0.05, 0) is 42.3 Å². The monoisotopic (exact) mass is 350 g/mol. The van der Waals surface area contributed by atoms with Gasteiger partial charge in [-0.25, -0.2) is 9.37 Å². The molecular formula is C20H15FN2OS. The lowest BCUT2D eigenvalue weighted by atomic mass is 10.1. The molecule has 0 bridgehead atoms. The van der Waals surface area contributed by atoms with Gasteiger partial charge in [0.2, 0.25) is 5.78 Å². The minimum atomic E-state index is -0.374. The number of anilines is 1. The molecule has 0 fully saturated rings. The first-order valence-electron chi connectivity index (χ1n) is 7.99. The van der Waals surface area contributed by atoms with Crippen LogP contribution in [0.3, 0.4) is 0 Å². The van der Waals surface area contributed by atoms with Crippen LogP contribution in [0.4, 0.5) is 10.1 Å². The van der Waals surface area contributed by atoms with Gasteiger partial charge in [0.15, 0.2) is 0 Å². The van der Waals surface area contributed by atoms with Gasteiger partial charge in [0.1, 0.15) is 15.5 Å². The van der Waals surface area contributed by atoms with E-state index in [9.17, 15) is 9.18 Å². The van der Waals surface area contributed by atoms with Crippen LogP contribution in [0.1, 0.15) is 27.7 Å². The van der Waals surface area contributed by atoms with Gasteiger partial charge in [-0.15, -0.1) is 11.3 Å². The Kier molecular flexibility index (Phi) is 3.73. The lowest BCUT2D eigenvalue weighted by molar-refractivity contribution is 0.104. The highest BCUT2D eigenvalue weighted by atomic mass is 32.1. The molecule has 124 valence electrons. The molecule has 0 aliphatic rings. The molecule has 0 unspecified atom stereocenters. The fourth-order valence-electron chi connectivity index (χ4n) is 2.97. The molecule has 2 N–H and O–H groups in total. The fraction of sp³-hybridized carbons (Fsp3) is 0.100. The summed E-state index contributed by atoms with van der Waals surface area (Å²) in [5.74, 6) is -0.582. The molecule has 25 heavy (non-hydrogen) atoms. The zero-order chi connectivity index (χ0) is 17.6. The number of nitrogen functional groups attached to an aromatic ring is 1. The number of aryl methyl sites for hydroxylation is 1. The number of aromatic nitrogens is 1. The summed E-state index contributed by atoms with van der Waals surface area (Å²) >= 11 is 1.29. The van der Waals surface area contributed by atoms with Crippen molar-refractivity contribution in [2.24, 2.45) is 0 Å². The topological polar surface area (TPSA) is 56.0 Å². The van der Waals surface area contributed by atoms with E-state index in [4.69, 9.17) is 10.7 Å². The number of nitrogens with zero attached hydrogens (tertiary/aromatic N) is 1. The second kappa shape index (κ2) is 5.93. The Bertz CT molecular complexity index is 1120. The van der Waals surface area contributed by atoms with E-state index in [1.54, 1.807) is 0 Å². The number of thiophene rings is 1. The number of pyridine rings is 1. The summed E-state index contributed by atoms with van der Waals surface area (Å²) in [5.41, 5.74) is 9.20. The van der Waals surface area contributed by atoms with Crippen LogP contribution in [0.15, 0.2) is 48.5 Å². The molecule has 5 heteroatoms. The minimum Gasteiger partial charge on any atom is -0.397 e. The molecule has 3 nitrogen and oxygen atoms in total. The van der Waals surface area contributed by atoms with E-state index < -0.39 is 0 Å². The molecule has 0 spiro atoms. The predicted molar refractivity (Wildman–Crippen MR) is 101 cm³/mol. The average Bonchev–Trinajstić information content (AvgIpc) is 2.95. The Balaban J connectivity index is 1.91. The van der Waals surface area contributed by atoms with Crippen LogP contribution in [0.25, 0.3) is 21.1 Å². The van der Waals surface area contributed by atoms with E-state index in [-0.39, 0.29) is 11.6 Å². The first-order chi connectivity index (χ1) is 12.1. The summed E-state index contributed by atoms with van der Waals surface area (Å²) in [6.45, 7) is 2.09. The quantitative estimate of drug-likeness (QED) is 0.531. The van der Waals surface area contributed by atoms with Crippen molar-refractivity contribution in [1.29, 1.82) is 0 Å². The largest absolute Gasteiger partial charge is 0.397 e. The highest BCUT2D eigenvalue weighted by molar-refractivity contribution is 7.21. The maximum absolute atomic E-state index is 13.1. The molecule has 2 aromatic carbocycles. The van der Waals surface area contributed by atoms with Crippen molar-refractivity contribution in [3.63, 3.8) is 0 Å². The van der Waals surface area contributed by atoms with Crippen LogP contribution in [0, 0.1) is 5.82 Å². The van der Waals surface area contributed by atoms with Gasteiger partial charge in [-0.3, -0.25) is 4.79 Å². The average molecular weight is 350 g/mol. The maximum atomic E-state index is 13.1. The van der Waals surface area contributed by atoms with E-state index in [0.29, 0.717) is 16.1 Å². The first-order valence-corrected chi connectivity index (χ1v) is 8.81. The fourth-order valence-corrected chi connectivity index (χ4v) is 4.01. The van der Waals surface area contributed by atoms with E-state index in [0.717, 1.165) is 33.1 Å². The van der Waals surface area contributed by atoms with Crippen LogP contribution in [-0.4, -0.2) is 10.8 Å². The highest BCUT2D eigenvalue weighted by Crippen LogP contribution is 2.36. The molecule has 0 saturated heterocycles. The summed E-state index contributed by atoms with van der Waals surface area (Å²) in [5, 5.41) is 1.80. The number of halogens is 1. The Morgan fingerprint density at radius 1 is 1.20 bits per heavy atom. The van der Waals surface area contributed by atoms with E-state index in [1.165, 1.54) is 35.6 Å². The lowest BCUT2D eigenvalue weighted by Gasteiger charge is -2.03. The Hall–Kier alpha value is -2.79. The van der Waals surface area contributed by atoms with Crippen LogP contribution >= 0.6 is 11.3 Å². The maximum Gasteiger partial charge on any atom is 0.205 e. The molecule has 4 aromatic rings. The van der Waals surface area contributed by atoms with E-state index >= 15 is 0 Å². The van der Waals surface area contributed by atoms with Gasteiger partial charge in [0, 0.05) is 16.3 Å². The van der Waals surface area contributed by atoms with Crippen molar-refractivity contribution >= 4 is 43.9 Å². The molecule has 0 saturated carbocycles. The first kappa shape index (κ1) is 15.7. The molecule has 2 heterocycles. The summed E-state index contributed by atoms with van der Waals surface area (Å²) < 4.78 is 13.1. The molecule has 0 atom stereocenters. The van der Waals surface area contributed by atoms with Crippen molar-refractivity contribution in [3.8, 4) is 0 Å². The summed E-state index contributed by atoms with van der Waals surface area (Å²) in [6.07, 6.45) is 0.887. The zero-order valence-corrected chi connectivity index (χ0v) is 14.4. The van der Waals surface area contributed by atoms with Crippen LogP contribution in [0.2, 0.25) is 0 Å². The Labute approximate surface area is 147 Å². The second-order valence-electron chi connectivity index (χ2n) is 5.86. The van der Waals surface area contributed by atoms with Gasteiger partial charge < -0.3 is 5.73 Å². The van der Waals surface area contributed by atoms with Crippen molar-refractivity contribution < 1.29 is 9.18 Å². The summed E-state index contributed by atoms with van der Waals surface area (Å²) in [6, 6.07) is 13.5. The van der Waals surface area contributed by atoms with Gasteiger partial charge in [0.25, 0.3) is 0 Å². The van der Waals surface area contributed by atoms with Gasteiger partial charge in [-0.1, -0.05) is 25.1 Å². The van der Waals surface area contributed by atoms with E-state index in [1.807, 2.05) is 18.2 Å². The number of para-hydroxylation sites is 1. The third kappa shape index (κ3) is 2.57. The number of rotatable bonds is 3. The van der Waals surface area contributed by atoms with Crippen molar-refractivity contribution in [1.82, 2.24) is 4.98 Å². The van der Waals surface area contributed by atoms with Crippen molar-refractivity contribution in [3.05, 3.63) is 70.4 Å². The smallest absolute Gasteiger partial charge is 0.205 e. The third-order valence-corrected chi connectivity index (χ3v) is 5.44. The Morgan fingerprint density at radius 3 is 2.68 bits per heavy atom. The number of fused-ring (bicyclic) bond motifs is 2. The normalized spacial score (nSPS) is 11.3. The number of hydrogen-bond acceptors (Lipinski definition) is 4. The van der Waals surface area contributed by atoms with Crippen molar-refractivity contribution in [2.45, 2.75) is 13.3 Å². The molecule has 0 radical (unpaired) electrons. The van der Waals surface area contributed by atoms with Gasteiger partial charge in [0.05, 0.1) is 11.2 Å².